The van der Waals surface area contributed by atoms with Crippen molar-refractivity contribution in [3.8, 4) is 5.75 Å². The zero-order chi connectivity index (χ0) is 16.8. The monoisotopic (exact) mass is 337 g/mol. The number of benzene rings is 2. The summed E-state index contributed by atoms with van der Waals surface area (Å²) in [6.07, 6.45) is 0. The molecule has 2 N–H and O–H groups in total. The van der Waals surface area contributed by atoms with Crippen molar-refractivity contribution < 1.29 is 23.5 Å². The maximum atomic E-state index is 13.0. The van der Waals surface area contributed by atoms with Crippen LogP contribution in [0.1, 0.15) is 15.9 Å². The summed E-state index contributed by atoms with van der Waals surface area (Å²) in [5.41, 5.74) is 5.62. The number of hydrogen-bond acceptors (Lipinski definition) is 4. The number of carbonyl (C=O) groups excluding carboxylic acids is 2. The highest BCUT2D eigenvalue weighted by Gasteiger charge is 2.15. The molecule has 2 aromatic carbocycles. The minimum Gasteiger partial charge on any atom is -0.483 e. The first-order chi connectivity index (χ1) is 11.0. The van der Waals surface area contributed by atoms with E-state index < -0.39 is 17.7 Å². The van der Waals surface area contributed by atoms with Crippen molar-refractivity contribution in [1.82, 2.24) is 0 Å². The molecule has 0 atom stereocenters. The molecule has 7 heteroatoms. The van der Waals surface area contributed by atoms with Gasteiger partial charge in [0, 0.05) is 5.56 Å². The molecule has 0 heterocycles. The molecule has 2 aromatic rings. The van der Waals surface area contributed by atoms with E-state index in [1.807, 2.05) is 0 Å². The largest absolute Gasteiger partial charge is 0.483 e. The van der Waals surface area contributed by atoms with Crippen LogP contribution in [0.25, 0.3) is 0 Å². The van der Waals surface area contributed by atoms with Gasteiger partial charge in [-0.25, -0.2) is 9.18 Å². The predicted octanol–water partition coefficient (Wildman–Crippen LogP) is 2.70. The Kier molecular flexibility index (Phi) is 5.54. The van der Waals surface area contributed by atoms with Crippen molar-refractivity contribution in [2.75, 3.05) is 6.61 Å². The first kappa shape index (κ1) is 16.8. The molecule has 0 spiro atoms. The maximum Gasteiger partial charge on any atom is 0.342 e. The van der Waals surface area contributed by atoms with Crippen LogP contribution in [0.4, 0.5) is 4.39 Å². The third-order valence-electron chi connectivity index (χ3n) is 2.85. The molecular formula is C16H13ClFNO4. The van der Waals surface area contributed by atoms with Crippen LogP contribution >= 0.6 is 11.6 Å². The molecule has 0 radical (unpaired) electrons. The highest BCUT2D eigenvalue weighted by atomic mass is 35.5. The number of amides is 1. The van der Waals surface area contributed by atoms with Gasteiger partial charge in [-0.2, -0.15) is 0 Å². The Balaban J connectivity index is 2.07. The molecule has 0 aliphatic carbocycles. The summed E-state index contributed by atoms with van der Waals surface area (Å²) < 4.78 is 23.3. The summed E-state index contributed by atoms with van der Waals surface area (Å²) in [6, 6.07) is 10.1. The molecular weight excluding hydrogens is 325 g/mol. The summed E-state index contributed by atoms with van der Waals surface area (Å²) in [7, 11) is 0. The number of nitrogens with two attached hydrogens (primary N) is 1. The molecule has 0 aliphatic rings. The van der Waals surface area contributed by atoms with E-state index in [1.165, 1.54) is 24.3 Å². The van der Waals surface area contributed by atoms with Gasteiger partial charge in [0.15, 0.2) is 6.61 Å². The first-order valence-electron chi connectivity index (χ1n) is 6.58. The molecule has 0 saturated heterocycles. The fourth-order valence-corrected chi connectivity index (χ4v) is 1.99. The van der Waals surface area contributed by atoms with E-state index in [9.17, 15) is 14.0 Å². The normalized spacial score (nSPS) is 10.2. The fraction of sp³-hybridized carbons (Fsp3) is 0.125. The molecule has 23 heavy (non-hydrogen) atoms. The fourth-order valence-electron chi connectivity index (χ4n) is 1.77. The standard InChI is InChI=1S/C16H13ClFNO4/c17-13-7-11(18)6-5-10(13)8-23-16(21)12-3-1-2-4-14(12)22-9-15(19)20/h1-7H,8-9H2,(H2,19,20). The Morgan fingerprint density at radius 1 is 1.17 bits per heavy atom. The Morgan fingerprint density at radius 2 is 1.91 bits per heavy atom. The van der Waals surface area contributed by atoms with Crippen molar-refractivity contribution >= 4 is 23.5 Å². The molecule has 1 amide bonds. The minimum atomic E-state index is -0.662. The summed E-state index contributed by atoms with van der Waals surface area (Å²) in [5.74, 6) is -1.62. The molecule has 0 fully saturated rings. The second-order valence-electron chi connectivity index (χ2n) is 4.56. The quantitative estimate of drug-likeness (QED) is 0.822. The SMILES string of the molecule is NC(=O)COc1ccccc1C(=O)OCc1ccc(F)cc1Cl. The average molecular weight is 338 g/mol. The number of halogens is 2. The van der Waals surface area contributed by atoms with E-state index in [0.717, 1.165) is 6.07 Å². The molecule has 0 saturated carbocycles. The lowest BCUT2D eigenvalue weighted by molar-refractivity contribution is -0.119. The van der Waals surface area contributed by atoms with E-state index in [2.05, 4.69) is 0 Å². The van der Waals surface area contributed by atoms with Gasteiger partial charge in [0.2, 0.25) is 0 Å². The number of ether oxygens (including phenoxy) is 2. The smallest absolute Gasteiger partial charge is 0.342 e. The average Bonchev–Trinajstić information content (AvgIpc) is 2.52. The van der Waals surface area contributed by atoms with Gasteiger partial charge in [0.05, 0.1) is 5.02 Å². The number of hydrogen-bond donors (Lipinski definition) is 1. The molecule has 120 valence electrons. The molecule has 5 nitrogen and oxygen atoms in total. The zero-order valence-electron chi connectivity index (χ0n) is 11.9. The summed E-state index contributed by atoms with van der Waals surface area (Å²) in [5, 5.41) is 0.163. The van der Waals surface area contributed by atoms with Crippen LogP contribution < -0.4 is 10.5 Å². The molecule has 0 bridgehead atoms. The number of esters is 1. The zero-order valence-corrected chi connectivity index (χ0v) is 12.7. The molecule has 0 unspecified atom stereocenters. The van der Waals surface area contributed by atoms with Crippen molar-refractivity contribution in [3.63, 3.8) is 0 Å². The second kappa shape index (κ2) is 7.60. The maximum absolute atomic E-state index is 13.0. The van der Waals surface area contributed by atoms with Crippen molar-refractivity contribution in [2.24, 2.45) is 5.73 Å². The van der Waals surface area contributed by atoms with Crippen molar-refractivity contribution in [2.45, 2.75) is 6.61 Å². The van der Waals surface area contributed by atoms with Gasteiger partial charge in [-0.05, 0) is 24.3 Å². The molecule has 0 aliphatic heterocycles. The Bertz CT molecular complexity index is 736. The summed E-state index contributed by atoms with van der Waals surface area (Å²) in [4.78, 5) is 22.9. The van der Waals surface area contributed by atoms with Crippen molar-refractivity contribution in [1.29, 1.82) is 0 Å². The lowest BCUT2D eigenvalue weighted by Crippen LogP contribution is -2.21. The van der Waals surface area contributed by atoms with Crippen LogP contribution in [-0.4, -0.2) is 18.5 Å². The van der Waals surface area contributed by atoms with Gasteiger partial charge in [0.1, 0.15) is 23.7 Å². The van der Waals surface area contributed by atoms with E-state index in [4.69, 9.17) is 26.8 Å². The number of carbonyl (C=O) groups is 2. The van der Waals surface area contributed by atoms with E-state index in [1.54, 1.807) is 12.1 Å². The van der Waals surface area contributed by atoms with Gasteiger partial charge in [-0.3, -0.25) is 4.79 Å². The van der Waals surface area contributed by atoms with Gasteiger partial charge in [0.25, 0.3) is 5.91 Å². The van der Waals surface area contributed by atoms with Crippen molar-refractivity contribution in [3.05, 3.63) is 64.4 Å². The van der Waals surface area contributed by atoms with Crippen LogP contribution in [0.3, 0.4) is 0 Å². The van der Waals surface area contributed by atoms with E-state index in [-0.39, 0.29) is 29.5 Å². The molecule has 0 aromatic heterocycles. The Morgan fingerprint density at radius 3 is 2.61 bits per heavy atom. The summed E-state index contributed by atoms with van der Waals surface area (Å²) >= 11 is 5.87. The number of rotatable bonds is 6. The van der Waals surface area contributed by atoms with Gasteiger partial charge >= 0.3 is 5.97 Å². The third kappa shape index (κ3) is 4.69. The second-order valence-corrected chi connectivity index (χ2v) is 4.97. The topological polar surface area (TPSA) is 78.6 Å². The number of para-hydroxylation sites is 1. The Labute approximate surface area is 136 Å². The highest BCUT2D eigenvalue weighted by Crippen LogP contribution is 2.22. The Hall–Kier alpha value is -2.60. The van der Waals surface area contributed by atoms with Gasteiger partial charge in [-0.15, -0.1) is 0 Å². The van der Waals surface area contributed by atoms with Gasteiger partial charge < -0.3 is 15.2 Å². The van der Waals surface area contributed by atoms with Crippen LogP contribution in [-0.2, 0) is 16.1 Å². The van der Waals surface area contributed by atoms with Gasteiger partial charge in [-0.1, -0.05) is 29.8 Å². The lowest BCUT2D eigenvalue weighted by Gasteiger charge is -2.10. The van der Waals surface area contributed by atoms with E-state index >= 15 is 0 Å². The van der Waals surface area contributed by atoms with Crippen LogP contribution in [0.2, 0.25) is 5.02 Å². The molecule has 2 rings (SSSR count). The first-order valence-corrected chi connectivity index (χ1v) is 6.96. The van der Waals surface area contributed by atoms with Crippen LogP contribution in [0.15, 0.2) is 42.5 Å². The predicted molar refractivity (Wildman–Crippen MR) is 81.7 cm³/mol. The lowest BCUT2D eigenvalue weighted by atomic mass is 10.2. The summed E-state index contributed by atoms with van der Waals surface area (Å²) in [6.45, 7) is -0.476. The van der Waals surface area contributed by atoms with Crippen LogP contribution in [0.5, 0.6) is 5.75 Å². The third-order valence-corrected chi connectivity index (χ3v) is 3.20. The number of primary amides is 1. The minimum absolute atomic E-state index is 0.123. The van der Waals surface area contributed by atoms with E-state index in [0.29, 0.717) is 5.56 Å². The van der Waals surface area contributed by atoms with Crippen LogP contribution in [0, 0.1) is 5.82 Å². The highest BCUT2D eigenvalue weighted by molar-refractivity contribution is 6.31.